The quantitative estimate of drug-likeness (QED) is 0.771. The maximum atomic E-state index is 13.6. The molecule has 0 aliphatic heterocycles. The van der Waals surface area contributed by atoms with E-state index in [4.69, 9.17) is 16.3 Å². The first-order valence-corrected chi connectivity index (χ1v) is 6.19. The zero-order valence-electron chi connectivity index (χ0n) is 9.77. The number of halogens is 2. The van der Waals surface area contributed by atoms with Crippen molar-refractivity contribution in [2.45, 2.75) is 12.3 Å². The summed E-state index contributed by atoms with van der Waals surface area (Å²) in [5, 5.41) is 0. The molecule has 4 heteroatoms. The van der Waals surface area contributed by atoms with Gasteiger partial charge >= 0.3 is 0 Å². The van der Waals surface area contributed by atoms with Gasteiger partial charge in [0.25, 0.3) is 0 Å². The molecule has 0 saturated heterocycles. The molecule has 0 spiro atoms. The van der Waals surface area contributed by atoms with Crippen LogP contribution >= 0.6 is 11.6 Å². The molecular formula is C14H13ClFNO. The first-order chi connectivity index (χ1) is 8.79. The van der Waals surface area contributed by atoms with E-state index in [1.165, 1.54) is 6.07 Å². The van der Waals surface area contributed by atoms with E-state index >= 15 is 0 Å². The molecule has 0 unspecified atom stereocenters. The van der Waals surface area contributed by atoms with Crippen LogP contribution in [0.5, 0.6) is 5.75 Å². The molecule has 94 valence electrons. The Morgan fingerprint density at radius 1 is 1.22 bits per heavy atom. The van der Waals surface area contributed by atoms with E-state index in [1.807, 2.05) is 12.1 Å². The highest BCUT2D eigenvalue weighted by atomic mass is 35.5. The lowest BCUT2D eigenvalue weighted by molar-refractivity contribution is 0.305. The van der Waals surface area contributed by atoms with E-state index in [9.17, 15) is 4.39 Å². The van der Waals surface area contributed by atoms with Gasteiger partial charge in [0.2, 0.25) is 0 Å². The van der Waals surface area contributed by atoms with Gasteiger partial charge in [0, 0.05) is 24.7 Å². The van der Waals surface area contributed by atoms with Crippen LogP contribution in [0.3, 0.4) is 0 Å². The second-order valence-corrected chi connectivity index (χ2v) is 4.13. The predicted octanol–water partition coefficient (Wildman–Crippen LogP) is 3.58. The first-order valence-electron chi connectivity index (χ1n) is 5.65. The summed E-state index contributed by atoms with van der Waals surface area (Å²) in [6.07, 6.45) is 4.19. The maximum absolute atomic E-state index is 13.6. The minimum Gasteiger partial charge on any atom is -0.490 e. The van der Waals surface area contributed by atoms with Gasteiger partial charge in [-0.25, -0.2) is 4.39 Å². The average molecular weight is 266 g/mol. The van der Waals surface area contributed by atoms with Crippen molar-refractivity contribution < 1.29 is 9.13 Å². The van der Waals surface area contributed by atoms with E-state index < -0.39 is 0 Å². The molecule has 0 amide bonds. The second kappa shape index (κ2) is 6.36. The van der Waals surface area contributed by atoms with Crippen LogP contribution in [0.1, 0.15) is 11.1 Å². The zero-order valence-corrected chi connectivity index (χ0v) is 10.5. The van der Waals surface area contributed by atoms with Gasteiger partial charge in [-0.15, -0.1) is 11.6 Å². The van der Waals surface area contributed by atoms with Crippen LogP contribution in [0.2, 0.25) is 0 Å². The average Bonchev–Trinajstić information content (AvgIpc) is 2.42. The minimum atomic E-state index is -0.376. The molecule has 1 aromatic heterocycles. The van der Waals surface area contributed by atoms with E-state index in [0.717, 1.165) is 11.1 Å². The van der Waals surface area contributed by atoms with Crippen molar-refractivity contribution in [3.8, 4) is 5.75 Å². The van der Waals surface area contributed by atoms with Crippen LogP contribution in [0.4, 0.5) is 4.39 Å². The monoisotopic (exact) mass is 265 g/mol. The molecular weight excluding hydrogens is 253 g/mol. The third kappa shape index (κ3) is 3.44. The Bertz CT molecular complexity index is 504. The Labute approximate surface area is 110 Å². The summed E-state index contributed by atoms with van der Waals surface area (Å²) in [6, 6.07) is 8.59. The van der Waals surface area contributed by atoms with Crippen molar-refractivity contribution in [3.05, 3.63) is 59.7 Å². The number of benzene rings is 1. The smallest absolute Gasteiger partial charge is 0.165 e. The molecule has 0 N–H and O–H groups in total. The fourth-order valence-electron chi connectivity index (χ4n) is 1.57. The van der Waals surface area contributed by atoms with Gasteiger partial charge in [0.05, 0.1) is 6.61 Å². The Hall–Kier alpha value is -1.61. The SMILES string of the molecule is Fc1cc(CCl)ccc1OCCc1cccnc1. The lowest BCUT2D eigenvalue weighted by atomic mass is 10.2. The lowest BCUT2D eigenvalue weighted by Gasteiger charge is -2.07. The number of hydrogen-bond acceptors (Lipinski definition) is 2. The van der Waals surface area contributed by atoms with Gasteiger partial charge in [0.15, 0.2) is 11.6 Å². The van der Waals surface area contributed by atoms with Crippen LogP contribution < -0.4 is 4.74 Å². The van der Waals surface area contributed by atoms with Crippen molar-refractivity contribution >= 4 is 11.6 Å². The molecule has 2 aromatic rings. The standard InChI is InChI=1S/C14H13ClFNO/c15-9-12-3-4-14(13(16)8-12)18-7-5-11-2-1-6-17-10-11/h1-4,6,8,10H,5,7,9H2. The molecule has 1 aromatic carbocycles. The number of rotatable bonds is 5. The third-order valence-corrected chi connectivity index (χ3v) is 2.83. The van der Waals surface area contributed by atoms with Crippen molar-refractivity contribution in [3.63, 3.8) is 0 Å². The predicted molar refractivity (Wildman–Crippen MR) is 69.4 cm³/mol. The van der Waals surface area contributed by atoms with Gasteiger partial charge in [-0.1, -0.05) is 12.1 Å². The summed E-state index contributed by atoms with van der Waals surface area (Å²) in [6.45, 7) is 0.419. The number of nitrogens with zero attached hydrogens (tertiary/aromatic N) is 1. The van der Waals surface area contributed by atoms with Gasteiger partial charge in [-0.05, 0) is 29.3 Å². The third-order valence-electron chi connectivity index (χ3n) is 2.52. The van der Waals surface area contributed by atoms with E-state index in [2.05, 4.69) is 4.98 Å². The largest absolute Gasteiger partial charge is 0.490 e. The Balaban J connectivity index is 1.91. The van der Waals surface area contributed by atoms with E-state index in [-0.39, 0.29) is 11.6 Å². The van der Waals surface area contributed by atoms with Crippen molar-refractivity contribution in [2.24, 2.45) is 0 Å². The van der Waals surface area contributed by atoms with Crippen molar-refractivity contribution in [1.29, 1.82) is 0 Å². The number of ether oxygens (including phenoxy) is 1. The zero-order chi connectivity index (χ0) is 12.8. The van der Waals surface area contributed by atoms with Gasteiger partial charge in [0.1, 0.15) is 0 Å². The Morgan fingerprint density at radius 2 is 2.11 bits per heavy atom. The first kappa shape index (κ1) is 12.8. The lowest BCUT2D eigenvalue weighted by Crippen LogP contribution is -2.03. The summed E-state index contributed by atoms with van der Waals surface area (Å²) < 4.78 is 19.0. The Kier molecular flexibility index (Phi) is 4.53. The number of hydrogen-bond donors (Lipinski definition) is 0. The van der Waals surface area contributed by atoms with Crippen molar-refractivity contribution in [1.82, 2.24) is 4.98 Å². The molecule has 0 aliphatic rings. The van der Waals surface area contributed by atoms with E-state index in [1.54, 1.807) is 24.5 Å². The van der Waals surface area contributed by atoms with Crippen molar-refractivity contribution in [2.75, 3.05) is 6.61 Å². The van der Waals surface area contributed by atoms with Crippen LogP contribution in [-0.2, 0) is 12.3 Å². The summed E-state index contributed by atoms with van der Waals surface area (Å²) in [5.74, 6) is 0.180. The topological polar surface area (TPSA) is 22.1 Å². The molecule has 2 nitrogen and oxygen atoms in total. The Morgan fingerprint density at radius 3 is 2.78 bits per heavy atom. The normalized spacial score (nSPS) is 10.3. The van der Waals surface area contributed by atoms with Gasteiger partial charge in [-0.3, -0.25) is 4.98 Å². The number of alkyl halides is 1. The molecule has 0 atom stereocenters. The highest BCUT2D eigenvalue weighted by molar-refractivity contribution is 6.17. The number of aromatic nitrogens is 1. The van der Waals surface area contributed by atoms with Crippen LogP contribution in [0, 0.1) is 5.82 Å². The summed E-state index contributed by atoms with van der Waals surface area (Å²) in [4.78, 5) is 4.01. The fourth-order valence-corrected chi connectivity index (χ4v) is 1.74. The summed E-state index contributed by atoms with van der Waals surface area (Å²) >= 11 is 5.62. The summed E-state index contributed by atoms with van der Waals surface area (Å²) in [5.41, 5.74) is 1.81. The number of pyridine rings is 1. The second-order valence-electron chi connectivity index (χ2n) is 3.86. The highest BCUT2D eigenvalue weighted by Crippen LogP contribution is 2.19. The van der Waals surface area contributed by atoms with E-state index in [0.29, 0.717) is 18.9 Å². The molecule has 1 heterocycles. The molecule has 0 saturated carbocycles. The highest BCUT2D eigenvalue weighted by Gasteiger charge is 2.04. The fraction of sp³-hybridized carbons (Fsp3) is 0.214. The molecule has 0 aliphatic carbocycles. The van der Waals surface area contributed by atoms with Crippen LogP contribution in [0.25, 0.3) is 0 Å². The molecule has 0 bridgehead atoms. The molecule has 0 radical (unpaired) electrons. The van der Waals surface area contributed by atoms with Gasteiger partial charge < -0.3 is 4.74 Å². The minimum absolute atomic E-state index is 0.257. The maximum Gasteiger partial charge on any atom is 0.165 e. The molecule has 0 fully saturated rings. The van der Waals surface area contributed by atoms with Crippen LogP contribution in [0.15, 0.2) is 42.7 Å². The molecule has 18 heavy (non-hydrogen) atoms. The summed E-state index contributed by atoms with van der Waals surface area (Å²) in [7, 11) is 0. The van der Waals surface area contributed by atoms with Gasteiger partial charge in [-0.2, -0.15) is 0 Å². The van der Waals surface area contributed by atoms with Crippen LogP contribution in [-0.4, -0.2) is 11.6 Å². The molecule has 2 rings (SSSR count).